The Labute approximate surface area is 322 Å². The highest BCUT2D eigenvalue weighted by atomic mass is 32.1. The van der Waals surface area contributed by atoms with Gasteiger partial charge in [0.15, 0.2) is 5.58 Å². The first-order valence-electron chi connectivity index (χ1n) is 18.3. The zero-order chi connectivity index (χ0) is 36.0. The average Bonchev–Trinajstić information content (AvgIpc) is 4.02. The molecule has 0 N–H and O–H groups in total. The van der Waals surface area contributed by atoms with Crippen molar-refractivity contribution in [1.29, 1.82) is 0 Å². The number of fused-ring (bicyclic) bond motifs is 11. The Kier molecular flexibility index (Phi) is 6.64. The van der Waals surface area contributed by atoms with Crippen LogP contribution >= 0.6 is 22.7 Å². The second-order valence-corrected chi connectivity index (χ2v) is 16.1. The van der Waals surface area contributed by atoms with Gasteiger partial charge in [-0.3, -0.25) is 0 Å². The van der Waals surface area contributed by atoms with Gasteiger partial charge in [-0.1, -0.05) is 78.9 Å². The van der Waals surface area contributed by atoms with E-state index < -0.39 is 0 Å². The Bertz CT molecular complexity index is 3440. The van der Waals surface area contributed by atoms with E-state index in [1.165, 1.54) is 40.3 Å². The molecule has 4 heterocycles. The van der Waals surface area contributed by atoms with Crippen LogP contribution in [0.15, 0.2) is 179 Å². The summed E-state index contributed by atoms with van der Waals surface area (Å²) >= 11 is 3.70. The summed E-state index contributed by atoms with van der Waals surface area (Å²) in [7, 11) is 0. The maximum atomic E-state index is 6.42. The number of anilines is 3. The van der Waals surface area contributed by atoms with E-state index in [2.05, 4.69) is 132 Å². The Hall–Kier alpha value is -6.73. The normalized spacial score (nSPS) is 12.0. The van der Waals surface area contributed by atoms with Crippen molar-refractivity contribution in [3.63, 3.8) is 0 Å². The standard InChI is InChI=1S/C49H28N2O2S2/c1-2-8-30(9-3-1)49-50-40-22-24-42-47(48(40)53-49)39-26-31(16-23-41(39)52-42)29-14-17-32(18-15-29)51(33-20-25-45-38(27-33)36-11-5-7-13-44(36)54-45)34-19-21-37-35-10-4-6-12-43(35)55-46(37)28-34/h1-28H. The molecule has 0 atom stereocenters. The molecule has 55 heavy (non-hydrogen) atoms. The lowest BCUT2D eigenvalue weighted by Crippen LogP contribution is -2.09. The summed E-state index contributed by atoms with van der Waals surface area (Å²) in [6, 6.07) is 60.4. The van der Waals surface area contributed by atoms with Gasteiger partial charge < -0.3 is 13.7 Å². The van der Waals surface area contributed by atoms with Crippen molar-refractivity contribution in [2.75, 3.05) is 4.90 Å². The van der Waals surface area contributed by atoms with Crippen LogP contribution in [0.5, 0.6) is 0 Å². The minimum atomic E-state index is 0.603. The third kappa shape index (κ3) is 4.85. The van der Waals surface area contributed by atoms with Crippen molar-refractivity contribution in [1.82, 2.24) is 4.98 Å². The number of nitrogens with zero attached hydrogens (tertiary/aromatic N) is 2. The second-order valence-electron chi connectivity index (χ2n) is 13.9. The first-order chi connectivity index (χ1) is 27.2. The van der Waals surface area contributed by atoms with Crippen LogP contribution in [-0.4, -0.2) is 4.98 Å². The molecule has 0 radical (unpaired) electrons. The molecule has 0 fully saturated rings. The molecular weight excluding hydrogens is 713 g/mol. The van der Waals surface area contributed by atoms with Gasteiger partial charge in [0.1, 0.15) is 16.7 Å². The van der Waals surface area contributed by atoms with Gasteiger partial charge in [-0.05, 0) is 102 Å². The quantitative estimate of drug-likeness (QED) is 0.176. The summed E-state index contributed by atoms with van der Waals surface area (Å²) in [6.07, 6.45) is 0. The number of aromatic nitrogens is 1. The second kappa shape index (κ2) is 11.9. The molecule has 0 unspecified atom stereocenters. The summed E-state index contributed by atoms with van der Waals surface area (Å²) in [4.78, 5) is 7.21. The van der Waals surface area contributed by atoms with E-state index in [9.17, 15) is 0 Å². The van der Waals surface area contributed by atoms with Crippen LogP contribution in [0, 0.1) is 0 Å². The number of thiophene rings is 2. The molecular formula is C49H28N2O2S2. The molecule has 4 aromatic heterocycles. The lowest BCUT2D eigenvalue weighted by atomic mass is 10.0. The molecule has 0 saturated heterocycles. The molecule has 8 aromatic carbocycles. The van der Waals surface area contributed by atoms with Gasteiger partial charge in [-0.2, -0.15) is 0 Å². The summed E-state index contributed by atoms with van der Waals surface area (Å²) in [5, 5.41) is 7.12. The van der Waals surface area contributed by atoms with E-state index in [0.717, 1.165) is 66.8 Å². The van der Waals surface area contributed by atoms with Gasteiger partial charge in [0.25, 0.3) is 0 Å². The van der Waals surface area contributed by atoms with Crippen LogP contribution in [-0.2, 0) is 0 Å². The average molecular weight is 741 g/mol. The van der Waals surface area contributed by atoms with E-state index in [1.54, 1.807) is 0 Å². The van der Waals surface area contributed by atoms with E-state index in [0.29, 0.717) is 5.89 Å². The maximum Gasteiger partial charge on any atom is 0.227 e. The van der Waals surface area contributed by atoms with Gasteiger partial charge in [0, 0.05) is 68.4 Å². The first-order valence-corrected chi connectivity index (χ1v) is 19.9. The number of benzene rings is 8. The molecule has 0 amide bonds. The molecule has 0 aliphatic heterocycles. The number of rotatable bonds is 5. The van der Waals surface area contributed by atoms with Gasteiger partial charge in [-0.15, -0.1) is 22.7 Å². The molecule has 12 aromatic rings. The number of oxazole rings is 1. The predicted octanol–water partition coefficient (Wildman–Crippen LogP) is 15.3. The van der Waals surface area contributed by atoms with Crippen LogP contribution in [0.2, 0.25) is 0 Å². The monoisotopic (exact) mass is 740 g/mol. The highest BCUT2D eigenvalue weighted by Crippen LogP contribution is 2.44. The zero-order valence-electron chi connectivity index (χ0n) is 29.2. The summed E-state index contributed by atoms with van der Waals surface area (Å²) in [6.45, 7) is 0. The topological polar surface area (TPSA) is 42.4 Å². The molecule has 0 aliphatic carbocycles. The lowest BCUT2D eigenvalue weighted by Gasteiger charge is -2.26. The Morgan fingerprint density at radius 2 is 1.04 bits per heavy atom. The van der Waals surface area contributed by atoms with Crippen LogP contribution in [0.3, 0.4) is 0 Å². The highest BCUT2D eigenvalue weighted by molar-refractivity contribution is 7.26. The Morgan fingerprint density at radius 1 is 0.400 bits per heavy atom. The minimum absolute atomic E-state index is 0.603. The number of furan rings is 1. The number of hydrogen-bond donors (Lipinski definition) is 0. The molecule has 6 heteroatoms. The Balaban J connectivity index is 0.984. The van der Waals surface area contributed by atoms with E-state index in [4.69, 9.17) is 13.8 Å². The third-order valence-electron chi connectivity index (χ3n) is 10.7. The lowest BCUT2D eigenvalue weighted by molar-refractivity contribution is 0.622. The van der Waals surface area contributed by atoms with Crippen molar-refractivity contribution in [2.24, 2.45) is 0 Å². The molecule has 0 aliphatic rings. The fourth-order valence-electron chi connectivity index (χ4n) is 8.09. The zero-order valence-corrected chi connectivity index (χ0v) is 30.8. The Morgan fingerprint density at radius 3 is 1.87 bits per heavy atom. The smallest absolute Gasteiger partial charge is 0.227 e. The fourth-order valence-corrected chi connectivity index (χ4v) is 10.3. The van der Waals surface area contributed by atoms with Crippen molar-refractivity contribution >= 4 is 113 Å². The van der Waals surface area contributed by atoms with E-state index in [1.807, 2.05) is 65.1 Å². The van der Waals surface area contributed by atoms with Crippen LogP contribution in [0.25, 0.3) is 96.0 Å². The third-order valence-corrected chi connectivity index (χ3v) is 13.0. The largest absolute Gasteiger partial charge is 0.456 e. The van der Waals surface area contributed by atoms with Crippen molar-refractivity contribution < 1.29 is 8.83 Å². The summed E-state index contributed by atoms with van der Waals surface area (Å²) in [5.41, 5.74) is 9.67. The molecule has 0 spiro atoms. The SMILES string of the molecule is c1ccc(-c2nc3ccc4oc5ccc(-c6ccc(N(c7ccc8c(c7)sc7ccccc78)c7ccc8sc9ccccc9c8c7)cc6)cc5c4c3o2)cc1. The first kappa shape index (κ1) is 30.7. The van der Waals surface area contributed by atoms with Crippen molar-refractivity contribution in [3.8, 4) is 22.6 Å². The van der Waals surface area contributed by atoms with E-state index in [-0.39, 0.29) is 0 Å². The molecule has 12 rings (SSSR count). The molecule has 0 bridgehead atoms. The molecule has 4 nitrogen and oxygen atoms in total. The summed E-state index contributed by atoms with van der Waals surface area (Å²) < 4.78 is 17.9. The van der Waals surface area contributed by atoms with Gasteiger partial charge >= 0.3 is 0 Å². The predicted molar refractivity (Wildman–Crippen MR) is 233 cm³/mol. The fraction of sp³-hybridized carbons (Fsp3) is 0. The van der Waals surface area contributed by atoms with Gasteiger partial charge in [0.2, 0.25) is 5.89 Å². The molecule has 0 saturated carbocycles. The van der Waals surface area contributed by atoms with Crippen LogP contribution in [0.4, 0.5) is 17.1 Å². The number of hydrogen-bond acceptors (Lipinski definition) is 6. The minimum Gasteiger partial charge on any atom is -0.456 e. The van der Waals surface area contributed by atoms with E-state index >= 15 is 0 Å². The highest BCUT2D eigenvalue weighted by Gasteiger charge is 2.19. The van der Waals surface area contributed by atoms with Crippen molar-refractivity contribution in [3.05, 3.63) is 170 Å². The van der Waals surface area contributed by atoms with Crippen LogP contribution in [0.1, 0.15) is 0 Å². The van der Waals surface area contributed by atoms with Gasteiger partial charge in [-0.25, -0.2) is 4.98 Å². The van der Waals surface area contributed by atoms with Gasteiger partial charge in [0.05, 0.1) is 5.39 Å². The van der Waals surface area contributed by atoms with Crippen LogP contribution < -0.4 is 4.90 Å². The maximum absolute atomic E-state index is 6.42. The molecule has 258 valence electrons. The summed E-state index contributed by atoms with van der Waals surface area (Å²) in [5.74, 6) is 0.603. The van der Waals surface area contributed by atoms with Crippen molar-refractivity contribution in [2.45, 2.75) is 0 Å².